The maximum atomic E-state index is 8.46. The molecule has 0 aliphatic heterocycles. The highest BCUT2D eigenvalue weighted by Crippen LogP contribution is 2.14. The first-order chi connectivity index (χ1) is 7.40. The van der Waals surface area contributed by atoms with Crippen molar-refractivity contribution in [2.24, 2.45) is 0 Å². The third-order valence-corrected chi connectivity index (χ3v) is 2.17. The molecule has 2 rings (SSSR count). The lowest BCUT2D eigenvalue weighted by Gasteiger charge is -1.93. The molecular formula is C12H11N3. The van der Waals surface area contributed by atoms with Crippen LogP contribution in [0.4, 0.5) is 0 Å². The van der Waals surface area contributed by atoms with Crippen molar-refractivity contribution in [1.29, 1.82) is 5.26 Å². The largest absolute Gasteiger partial charge is 0.344 e. The van der Waals surface area contributed by atoms with Gasteiger partial charge in [-0.2, -0.15) is 5.26 Å². The maximum absolute atomic E-state index is 8.46. The highest BCUT2D eigenvalue weighted by Gasteiger charge is 2.02. The zero-order valence-corrected chi connectivity index (χ0v) is 8.27. The number of aromatic amines is 1. The van der Waals surface area contributed by atoms with E-state index in [2.05, 4.69) is 16.0 Å². The van der Waals surface area contributed by atoms with Crippen molar-refractivity contribution in [1.82, 2.24) is 9.97 Å². The van der Waals surface area contributed by atoms with E-state index in [1.165, 1.54) is 0 Å². The van der Waals surface area contributed by atoms with E-state index in [1.54, 1.807) is 0 Å². The van der Waals surface area contributed by atoms with Crippen molar-refractivity contribution in [3.05, 3.63) is 42.2 Å². The fraction of sp³-hybridized carbons (Fsp3) is 0.167. The molecule has 3 heteroatoms. The van der Waals surface area contributed by atoms with Crippen LogP contribution in [-0.4, -0.2) is 9.97 Å². The Labute approximate surface area is 88.4 Å². The summed E-state index contributed by atoms with van der Waals surface area (Å²) in [5.74, 6) is 0.864. The number of imidazole rings is 1. The smallest absolute Gasteiger partial charge is 0.137 e. The van der Waals surface area contributed by atoms with Gasteiger partial charge in [0.05, 0.1) is 11.8 Å². The lowest BCUT2D eigenvalue weighted by Crippen LogP contribution is -1.84. The zero-order chi connectivity index (χ0) is 10.5. The van der Waals surface area contributed by atoms with E-state index in [9.17, 15) is 0 Å². The Kier molecular flexibility index (Phi) is 2.80. The van der Waals surface area contributed by atoms with E-state index in [-0.39, 0.29) is 0 Å². The van der Waals surface area contributed by atoms with Crippen molar-refractivity contribution < 1.29 is 0 Å². The van der Waals surface area contributed by atoms with E-state index in [0.717, 1.165) is 17.1 Å². The zero-order valence-electron chi connectivity index (χ0n) is 8.27. The minimum atomic E-state index is 0.513. The van der Waals surface area contributed by atoms with Gasteiger partial charge < -0.3 is 4.98 Å². The summed E-state index contributed by atoms with van der Waals surface area (Å²) in [5.41, 5.74) is 2.01. The number of nitriles is 1. The first kappa shape index (κ1) is 9.47. The minimum Gasteiger partial charge on any atom is -0.344 e. The first-order valence-corrected chi connectivity index (χ1v) is 4.87. The van der Waals surface area contributed by atoms with Crippen LogP contribution in [0.1, 0.15) is 12.1 Å². The van der Waals surface area contributed by atoms with Crippen LogP contribution in [0.3, 0.4) is 0 Å². The number of aryl methyl sites for hydroxylation is 1. The molecular weight excluding hydrogens is 186 g/mol. The minimum absolute atomic E-state index is 0.513. The number of hydrogen-bond donors (Lipinski definition) is 1. The lowest BCUT2D eigenvalue weighted by molar-refractivity contribution is 0.968. The molecule has 0 fully saturated rings. The SMILES string of the molecule is N#CCCc1c[nH]c(-c2ccccc2)n1. The maximum Gasteiger partial charge on any atom is 0.137 e. The van der Waals surface area contributed by atoms with E-state index in [1.807, 2.05) is 36.5 Å². The number of aromatic nitrogens is 2. The second-order valence-corrected chi connectivity index (χ2v) is 3.26. The van der Waals surface area contributed by atoms with E-state index >= 15 is 0 Å². The predicted octanol–water partition coefficient (Wildman–Crippen LogP) is 2.53. The van der Waals surface area contributed by atoms with Gasteiger partial charge in [-0.05, 0) is 0 Å². The molecule has 0 aliphatic rings. The third-order valence-electron chi connectivity index (χ3n) is 2.17. The van der Waals surface area contributed by atoms with Crippen LogP contribution in [0, 0.1) is 11.3 Å². The van der Waals surface area contributed by atoms with Gasteiger partial charge in [-0.25, -0.2) is 4.98 Å². The van der Waals surface area contributed by atoms with E-state index in [4.69, 9.17) is 5.26 Å². The Morgan fingerprint density at radius 1 is 1.27 bits per heavy atom. The average Bonchev–Trinajstić information content (AvgIpc) is 2.76. The normalized spacial score (nSPS) is 9.80. The molecule has 1 aromatic heterocycles. The second-order valence-electron chi connectivity index (χ2n) is 3.26. The summed E-state index contributed by atoms with van der Waals surface area (Å²) in [5, 5.41) is 8.46. The lowest BCUT2D eigenvalue weighted by atomic mass is 10.2. The topological polar surface area (TPSA) is 52.5 Å². The summed E-state index contributed by atoms with van der Waals surface area (Å²) < 4.78 is 0. The van der Waals surface area contributed by atoms with Crippen LogP contribution in [0.25, 0.3) is 11.4 Å². The van der Waals surface area contributed by atoms with E-state index < -0.39 is 0 Å². The molecule has 0 aliphatic carbocycles. The Balaban J connectivity index is 2.18. The van der Waals surface area contributed by atoms with Crippen LogP contribution < -0.4 is 0 Å². The summed E-state index contributed by atoms with van der Waals surface area (Å²) in [4.78, 5) is 7.52. The van der Waals surface area contributed by atoms with Gasteiger partial charge in [0.2, 0.25) is 0 Å². The van der Waals surface area contributed by atoms with Gasteiger partial charge in [0.25, 0.3) is 0 Å². The quantitative estimate of drug-likeness (QED) is 0.822. The molecule has 2 aromatic rings. The van der Waals surface area contributed by atoms with Gasteiger partial charge in [0.15, 0.2) is 0 Å². The Morgan fingerprint density at radius 2 is 2.07 bits per heavy atom. The monoisotopic (exact) mass is 197 g/mol. The Bertz CT molecular complexity index is 465. The summed E-state index contributed by atoms with van der Waals surface area (Å²) in [6.45, 7) is 0. The van der Waals surface area contributed by atoms with Gasteiger partial charge >= 0.3 is 0 Å². The second kappa shape index (κ2) is 4.43. The molecule has 74 valence electrons. The van der Waals surface area contributed by atoms with Gasteiger partial charge in [-0.15, -0.1) is 0 Å². The molecule has 0 saturated carbocycles. The van der Waals surface area contributed by atoms with Gasteiger partial charge in [0.1, 0.15) is 5.82 Å². The molecule has 0 saturated heterocycles. The molecule has 1 aromatic carbocycles. The number of nitrogens with zero attached hydrogens (tertiary/aromatic N) is 2. The summed E-state index contributed by atoms with van der Waals surface area (Å²) in [6, 6.07) is 12.1. The van der Waals surface area contributed by atoms with Gasteiger partial charge in [0, 0.05) is 24.6 Å². The fourth-order valence-corrected chi connectivity index (χ4v) is 1.42. The van der Waals surface area contributed by atoms with Crippen LogP contribution in [0.2, 0.25) is 0 Å². The van der Waals surface area contributed by atoms with Gasteiger partial charge in [-0.1, -0.05) is 30.3 Å². The molecule has 0 amide bonds. The summed E-state index contributed by atoms with van der Waals surface area (Å²) in [7, 11) is 0. The van der Waals surface area contributed by atoms with Crippen LogP contribution in [0.15, 0.2) is 36.5 Å². The highest BCUT2D eigenvalue weighted by atomic mass is 14.9. The molecule has 0 spiro atoms. The van der Waals surface area contributed by atoms with Crippen molar-refractivity contribution in [3.63, 3.8) is 0 Å². The third kappa shape index (κ3) is 2.23. The standard InChI is InChI=1S/C12H11N3/c13-8-4-7-11-9-14-12(15-11)10-5-2-1-3-6-10/h1-3,5-6,9H,4,7H2,(H,14,15). The van der Waals surface area contributed by atoms with Crippen molar-refractivity contribution in [3.8, 4) is 17.5 Å². The summed E-state index contributed by atoms with van der Waals surface area (Å²) in [6.07, 6.45) is 3.08. The molecule has 15 heavy (non-hydrogen) atoms. The Hall–Kier alpha value is -2.08. The Morgan fingerprint density at radius 3 is 2.80 bits per heavy atom. The molecule has 0 radical (unpaired) electrons. The molecule has 1 heterocycles. The van der Waals surface area contributed by atoms with Crippen LogP contribution >= 0.6 is 0 Å². The molecule has 1 N–H and O–H groups in total. The van der Waals surface area contributed by atoms with E-state index in [0.29, 0.717) is 12.8 Å². The number of benzene rings is 1. The molecule has 0 atom stereocenters. The van der Waals surface area contributed by atoms with Crippen molar-refractivity contribution in [2.45, 2.75) is 12.8 Å². The summed E-state index contributed by atoms with van der Waals surface area (Å²) >= 11 is 0. The average molecular weight is 197 g/mol. The first-order valence-electron chi connectivity index (χ1n) is 4.87. The van der Waals surface area contributed by atoms with Gasteiger partial charge in [-0.3, -0.25) is 0 Å². The van der Waals surface area contributed by atoms with Crippen molar-refractivity contribution in [2.75, 3.05) is 0 Å². The molecule has 0 bridgehead atoms. The molecule has 3 nitrogen and oxygen atoms in total. The number of H-pyrrole nitrogens is 1. The predicted molar refractivity (Wildman–Crippen MR) is 58.0 cm³/mol. The number of hydrogen-bond acceptors (Lipinski definition) is 2. The molecule has 0 unspecified atom stereocenters. The van der Waals surface area contributed by atoms with Crippen LogP contribution in [-0.2, 0) is 6.42 Å². The van der Waals surface area contributed by atoms with Crippen molar-refractivity contribution >= 4 is 0 Å². The van der Waals surface area contributed by atoms with Crippen LogP contribution in [0.5, 0.6) is 0 Å². The number of rotatable bonds is 3. The highest BCUT2D eigenvalue weighted by molar-refractivity contribution is 5.54. The number of nitrogens with one attached hydrogen (secondary N) is 1. The fourth-order valence-electron chi connectivity index (χ4n) is 1.42.